The van der Waals surface area contributed by atoms with Crippen LogP contribution in [0.5, 0.6) is 0 Å². The van der Waals surface area contributed by atoms with Crippen molar-refractivity contribution in [3.8, 4) is 0 Å². The van der Waals surface area contributed by atoms with Crippen LogP contribution in [-0.4, -0.2) is 0 Å². The molecular formula is C44H34. The fourth-order valence-electron chi connectivity index (χ4n) is 7.35. The molecule has 0 heteroatoms. The molecule has 0 aromatic heterocycles. The molecule has 0 N–H and O–H groups in total. The van der Waals surface area contributed by atoms with Gasteiger partial charge in [0.1, 0.15) is 0 Å². The molecule has 0 radical (unpaired) electrons. The summed E-state index contributed by atoms with van der Waals surface area (Å²) in [4.78, 5) is 0. The molecule has 8 rings (SSSR count). The molecule has 3 aliphatic carbocycles. The maximum absolute atomic E-state index is 2.56. The second-order valence-electron chi connectivity index (χ2n) is 12.0. The Hall–Kier alpha value is -5.20. The Balaban J connectivity index is 1.40. The molecule has 5 aromatic rings. The summed E-state index contributed by atoms with van der Waals surface area (Å²) in [7, 11) is 0. The van der Waals surface area contributed by atoms with Gasteiger partial charge < -0.3 is 0 Å². The van der Waals surface area contributed by atoms with E-state index in [1.54, 1.807) is 0 Å². The van der Waals surface area contributed by atoms with Gasteiger partial charge in [-0.1, -0.05) is 164 Å². The van der Waals surface area contributed by atoms with Crippen molar-refractivity contribution < 1.29 is 0 Å². The minimum absolute atomic E-state index is 0.229. The smallest absolute Gasteiger partial charge is 0.0140 e. The van der Waals surface area contributed by atoms with Crippen molar-refractivity contribution >= 4 is 33.6 Å². The van der Waals surface area contributed by atoms with Gasteiger partial charge in [0.15, 0.2) is 0 Å². The van der Waals surface area contributed by atoms with Crippen LogP contribution in [0.3, 0.4) is 0 Å². The molecule has 3 aliphatic rings. The van der Waals surface area contributed by atoms with Gasteiger partial charge in [-0.05, 0) is 84.7 Å². The molecular weight excluding hydrogens is 528 g/mol. The Morgan fingerprint density at radius 1 is 0.477 bits per heavy atom. The van der Waals surface area contributed by atoms with E-state index in [0.717, 1.165) is 12.8 Å². The highest BCUT2D eigenvalue weighted by molar-refractivity contribution is 5.91. The average molecular weight is 563 g/mol. The molecule has 0 aliphatic heterocycles. The third-order valence-corrected chi connectivity index (χ3v) is 9.41. The van der Waals surface area contributed by atoms with E-state index in [4.69, 9.17) is 0 Å². The average Bonchev–Trinajstić information content (AvgIpc) is 3.09. The molecule has 2 atom stereocenters. The Morgan fingerprint density at radius 3 is 1.95 bits per heavy atom. The van der Waals surface area contributed by atoms with Crippen LogP contribution in [0.25, 0.3) is 33.6 Å². The summed E-state index contributed by atoms with van der Waals surface area (Å²) < 4.78 is 0. The quantitative estimate of drug-likeness (QED) is 0.206. The Morgan fingerprint density at radius 2 is 1.14 bits per heavy atom. The van der Waals surface area contributed by atoms with Gasteiger partial charge in [-0.15, -0.1) is 0 Å². The van der Waals surface area contributed by atoms with Crippen LogP contribution in [0, 0.1) is 11.8 Å². The van der Waals surface area contributed by atoms with E-state index < -0.39 is 0 Å². The predicted molar refractivity (Wildman–Crippen MR) is 186 cm³/mol. The summed E-state index contributed by atoms with van der Waals surface area (Å²) in [5.41, 5.74) is 11.0. The second-order valence-corrected chi connectivity index (χ2v) is 12.0. The summed E-state index contributed by atoms with van der Waals surface area (Å²) in [6.07, 6.45) is 12.0. The van der Waals surface area contributed by atoms with Crippen molar-refractivity contribution in [3.63, 3.8) is 0 Å². The van der Waals surface area contributed by atoms with Crippen molar-refractivity contribution in [2.24, 2.45) is 11.8 Å². The summed E-state index contributed by atoms with van der Waals surface area (Å²) >= 11 is 0. The van der Waals surface area contributed by atoms with Gasteiger partial charge in [-0.25, -0.2) is 0 Å². The van der Waals surface area contributed by atoms with Gasteiger partial charge in [0.05, 0.1) is 0 Å². The molecule has 210 valence electrons. The van der Waals surface area contributed by atoms with Crippen molar-refractivity contribution in [2.45, 2.75) is 12.8 Å². The molecule has 0 spiro atoms. The molecule has 0 nitrogen and oxygen atoms in total. The molecule has 0 fully saturated rings. The van der Waals surface area contributed by atoms with Gasteiger partial charge in [0.2, 0.25) is 0 Å². The number of aryl methyl sites for hydroxylation is 1. The van der Waals surface area contributed by atoms with E-state index in [9.17, 15) is 0 Å². The Labute approximate surface area is 259 Å². The van der Waals surface area contributed by atoms with Crippen molar-refractivity contribution in [2.75, 3.05) is 0 Å². The first-order valence-corrected chi connectivity index (χ1v) is 15.7. The first-order valence-electron chi connectivity index (χ1n) is 15.7. The Kier molecular flexibility index (Phi) is 6.89. The van der Waals surface area contributed by atoms with E-state index in [1.165, 1.54) is 65.8 Å². The van der Waals surface area contributed by atoms with E-state index >= 15 is 0 Å². The minimum atomic E-state index is 0.229. The fraction of sp³-hybridized carbons (Fsp3) is 0.0909. The van der Waals surface area contributed by atoms with E-state index in [2.05, 4.69) is 170 Å². The zero-order valence-electron chi connectivity index (χ0n) is 24.7. The monoisotopic (exact) mass is 562 g/mol. The van der Waals surface area contributed by atoms with Gasteiger partial charge in [0.25, 0.3) is 0 Å². The molecule has 0 heterocycles. The number of benzene rings is 4. The molecule has 0 saturated carbocycles. The van der Waals surface area contributed by atoms with Crippen molar-refractivity contribution in [3.05, 3.63) is 202 Å². The van der Waals surface area contributed by atoms with Crippen LogP contribution in [0.15, 0.2) is 169 Å². The number of hydrogen-bond donors (Lipinski definition) is 0. The topological polar surface area (TPSA) is 0 Å². The molecule has 2 unspecified atom stereocenters. The van der Waals surface area contributed by atoms with Crippen molar-refractivity contribution in [1.82, 2.24) is 0 Å². The molecule has 0 bridgehead atoms. The predicted octanol–water partition coefficient (Wildman–Crippen LogP) is 9.24. The van der Waals surface area contributed by atoms with Crippen LogP contribution in [0.1, 0.15) is 28.7 Å². The van der Waals surface area contributed by atoms with E-state index in [0.29, 0.717) is 0 Å². The SMILES string of the molecule is C1=CC2C(c3ccccccccc3)=c3ccccc3=C(C3=Cc4ccccc4CC3)C2C=C1c1ccc2ccccc2c1. The first kappa shape index (κ1) is 26.4. The minimum Gasteiger partial charge on any atom is -0.0754 e. The summed E-state index contributed by atoms with van der Waals surface area (Å²) in [6.45, 7) is 0. The lowest BCUT2D eigenvalue weighted by atomic mass is 9.67. The van der Waals surface area contributed by atoms with Gasteiger partial charge in [-0.3, -0.25) is 0 Å². The van der Waals surface area contributed by atoms with E-state index in [1.807, 2.05) is 0 Å². The van der Waals surface area contributed by atoms with Crippen LogP contribution in [0.2, 0.25) is 0 Å². The second kappa shape index (κ2) is 11.5. The number of hydrogen-bond acceptors (Lipinski definition) is 0. The lowest BCUT2D eigenvalue weighted by Gasteiger charge is -2.36. The highest BCUT2D eigenvalue weighted by Gasteiger charge is 2.34. The maximum atomic E-state index is 2.56. The molecule has 44 heavy (non-hydrogen) atoms. The van der Waals surface area contributed by atoms with Crippen molar-refractivity contribution in [1.29, 1.82) is 0 Å². The van der Waals surface area contributed by atoms with Gasteiger partial charge >= 0.3 is 0 Å². The normalized spacial score (nSPS) is 18.4. The standard InChI is InChI=1S/C44H34/c1-2-4-6-16-33(17-7-5-3-1)43-39-20-12-13-21-40(39)44(38-25-23-32-15-9-11-19-35(32)29-38)42-30-37(26-27-41(42)43)36-24-22-31-14-8-10-18-34(31)28-36/h1-22,24,26-30,41-42H,23,25H2. The number of allylic oxidation sites excluding steroid dienone is 5. The third-order valence-electron chi connectivity index (χ3n) is 9.41. The highest BCUT2D eigenvalue weighted by atomic mass is 14.4. The van der Waals surface area contributed by atoms with Gasteiger partial charge in [0, 0.05) is 11.8 Å². The number of fused-ring (bicyclic) bond motifs is 4. The number of rotatable bonds is 3. The third kappa shape index (κ3) is 4.83. The zero-order valence-corrected chi connectivity index (χ0v) is 24.7. The summed E-state index contributed by atoms with van der Waals surface area (Å²) in [6, 6.07) is 52.9. The highest BCUT2D eigenvalue weighted by Crippen LogP contribution is 2.45. The maximum Gasteiger partial charge on any atom is 0.0140 e. The molecule has 0 saturated heterocycles. The summed E-state index contributed by atoms with van der Waals surface area (Å²) in [5, 5.41) is 5.27. The van der Waals surface area contributed by atoms with Crippen LogP contribution < -0.4 is 10.4 Å². The Bertz CT molecular complexity index is 2160. The van der Waals surface area contributed by atoms with Crippen LogP contribution in [0.4, 0.5) is 0 Å². The van der Waals surface area contributed by atoms with E-state index in [-0.39, 0.29) is 11.8 Å². The fourth-order valence-corrected chi connectivity index (χ4v) is 7.35. The summed E-state index contributed by atoms with van der Waals surface area (Å²) in [5.74, 6) is 0.459. The first-order chi connectivity index (χ1) is 21.8. The van der Waals surface area contributed by atoms with Crippen LogP contribution in [-0.2, 0) is 6.42 Å². The molecule has 5 aromatic carbocycles. The van der Waals surface area contributed by atoms with Crippen LogP contribution >= 0.6 is 0 Å². The zero-order chi connectivity index (χ0) is 29.3. The largest absolute Gasteiger partial charge is 0.0754 e. The van der Waals surface area contributed by atoms with Gasteiger partial charge in [-0.2, -0.15) is 0 Å². The lowest BCUT2D eigenvalue weighted by Crippen LogP contribution is -2.40. The lowest BCUT2D eigenvalue weighted by molar-refractivity contribution is 0.682. The molecule has 0 amide bonds.